The van der Waals surface area contributed by atoms with Crippen LogP contribution in [0.1, 0.15) is 16.1 Å². The molecule has 0 bridgehead atoms. The average molecular weight is 357 g/mol. The van der Waals surface area contributed by atoms with Crippen molar-refractivity contribution in [3.63, 3.8) is 0 Å². The maximum atomic E-state index is 13.6. The van der Waals surface area contributed by atoms with Gasteiger partial charge in [-0.3, -0.25) is 4.79 Å². The van der Waals surface area contributed by atoms with E-state index in [9.17, 15) is 9.18 Å². The normalized spacial score (nSPS) is 10.4. The topological polar surface area (TPSA) is 66.9 Å². The van der Waals surface area contributed by atoms with E-state index >= 15 is 0 Å². The summed E-state index contributed by atoms with van der Waals surface area (Å²) in [6, 6.07) is 11.3. The van der Waals surface area contributed by atoms with Crippen LogP contribution in [0.3, 0.4) is 0 Å². The highest BCUT2D eigenvalue weighted by Crippen LogP contribution is 2.22. The summed E-state index contributed by atoms with van der Waals surface area (Å²) in [7, 11) is 0. The zero-order chi connectivity index (χ0) is 17.8. The molecule has 0 fully saturated rings. The van der Waals surface area contributed by atoms with E-state index in [-0.39, 0.29) is 11.4 Å². The van der Waals surface area contributed by atoms with Crippen LogP contribution in [0.2, 0.25) is 5.02 Å². The summed E-state index contributed by atoms with van der Waals surface area (Å²) in [5.74, 6) is -0.569. The first kappa shape index (κ1) is 16.9. The van der Waals surface area contributed by atoms with Gasteiger partial charge in [-0.15, -0.1) is 0 Å². The van der Waals surface area contributed by atoms with Crippen LogP contribution in [0.25, 0.3) is 0 Å². The smallest absolute Gasteiger partial charge is 0.275 e. The minimum absolute atomic E-state index is 0.0848. The Hall–Kier alpha value is -2.99. The first-order chi connectivity index (χ1) is 12.0. The van der Waals surface area contributed by atoms with Crippen molar-refractivity contribution >= 4 is 34.7 Å². The molecule has 7 heteroatoms. The van der Waals surface area contributed by atoms with Gasteiger partial charge in [0, 0.05) is 10.7 Å². The van der Waals surface area contributed by atoms with Gasteiger partial charge in [0.15, 0.2) is 0 Å². The van der Waals surface area contributed by atoms with Gasteiger partial charge in [0.25, 0.3) is 5.91 Å². The number of carbonyl (C=O) groups excluding carboxylic acids is 1. The molecule has 2 N–H and O–H groups in total. The van der Waals surface area contributed by atoms with E-state index in [0.717, 1.165) is 11.3 Å². The zero-order valence-corrected chi connectivity index (χ0v) is 14.0. The van der Waals surface area contributed by atoms with E-state index in [0.29, 0.717) is 10.8 Å². The van der Waals surface area contributed by atoms with Gasteiger partial charge in [-0.05, 0) is 42.8 Å². The molecule has 5 nitrogen and oxygen atoms in total. The summed E-state index contributed by atoms with van der Waals surface area (Å²) in [6.45, 7) is 1.91. The first-order valence-corrected chi connectivity index (χ1v) is 7.82. The Bertz CT molecular complexity index is 915. The van der Waals surface area contributed by atoms with Crippen molar-refractivity contribution in [3.05, 3.63) is 77.0 Å². The SMILES string of the molecule is Cc1cc(Cl)ccc1Nc1cnc(C(=O)Nc2ccccc2F)cn1. The molecule has 1 amide bonds. The van der Waals surface area contributed by atoms with Gasteiger partial charge in [-0.2, -0.15) is 0 Å². The quantitative estimate of drug-likeness (QED) is 0.718. The number of benzene rings is 2. The van der Waals surface area contributed by atoms with Crippen molar-refractivity contribution in [1.82, 2.24) is 9.97 Å². The van der Waals surface area contributed by atoms with Crippen LogP contribution in [-0.2, 0) is 0 Å². The Labute approximate surface area is 148 Å². The molecule has 25 heavy (non-hydrogen) atoms. The predicted octanol–water partition coefficient (Wildman–Crippen LogP) is 4.57. The number of aromatic nitrogens is 2. The number of hydrogen-bond acceptors (Lipinski definition) is 4. The average Bonchev–Trinajstić information content (AvgIpc) is 2.60. The summed E-state index contributed by atoms with van der Waals surface area (Å²) in [5.41, 5.74) is 1.97. The van der Waals surface area contributed by atoms with E-state index in [1.54, 1.807) is 18.2 Å². The number of halogens is 2. The molecule has 0 saturated carbocycles. The summed E-state index contributed by atoms with van der Waals surface area (Å²) >= 11 is 5.93. The van der Waals surface area contributed by atoms with E-state index in [4.69, 9.17) is 11.6 Å². The Morgan fingerprint density at radius 1 is 1.08 bits per heavy atom. The molecular weight excluding hydrogens is 343 g/mol. The van der Waals surface area contributed by atoms with Crippen molar-refractivity contribution in [2.24, 2.45) is 0 Å². The van der Waals surface area contributed by atoms with E-state index in [1.807, 2.05) is 19.1 Å². The lowest BCUT2D eigenvalue weighted by atomic mass is 10.2. The third kappa shape index (κ3) is 4.10. The van der Waals surface area contributed by atoms with Crippen LogP contribution in [0.4, 0.5) is 21.6 Å². The largest absolute Gasteiger partial charge is 0.339 e. The maximum absolute atomic E-state index is 13.6. The van der Waals surface area contributed by atoms with Crippen molar-refractivity contribution in [1.29, 1.82) is 0 Å². The van der Waals surface area contributed by atoms with Crippen LogP contribution in [0, 0.1) is 12.7 Å². The van der Waals surface area contributed by atoms with E-state index in [1.165, 1.54) is 24.5 Å². The number of carbonyl (C=O) groups is 1. The Balaban J connectivity index is 1.71. The third-order valence-electron chi connectivity index (χ3n) is 3.46. The van der Waals surface area contributed by atoms with Gasteiger partial charge in [0.2, 0.25) is 0 Å². The Morgan fingerprint density at radius 2 is 1.88 bits per heavy atom. The number of rotatable bonds is 4. The van der Waals surface area contributed by atoms with E-state index in [2.05, 4.69) is 20.6 Å². The fraction of sp³-hybridized carbons (Fsp3) is 0.0556. The molecule has 1 heterocycles. The van der Waals surface area contributed by atoms with Gasteiger partial charge in [0.1, 0.15) is 17.3 Å². The van der Waals surface area contributed by atoms with Gasteiger partial charge in [-0.25, -0.2) is 14.4 Å². The summed E-state index contributed by atoms with van der Waals surface area (Å²) in [5, 5.41) is 6.21. The first-order valence-electron chi connectivity index (χ1n) is 7.44. The van der Waals surface area contributed by atoms with Crippen molar-refractivity contribution in [2.45, 2.75) is 6.92 Å². The second-order valence-electron chi connectivity index (χ2n) is 5.31. The number of nitrogens with one attached hydrogen (secondary N) is 2. The maximum Gasteiger partial charge on any atom is 0.275 e. The van der Waals surface area contributed by atoms with Gasteiger partial charge in [-0.1, -0.05) is 23.7 Å². The standard InChI is InChI=1S/C18H14ClFN4O/c1-11-8-12(19)6-7-14(11)23-17-10-21-16(9-22-17)18(25)24-15-5-3-2-4-13(15)20/h2-10H,1H3,(H,22,23)(H,24,25). The summed E-state index contributed by atoms with van der Waals surface area (Å²) in [4.78, 5) is 20.3. The fourth-order valence-corrected chi connectivity index (χ4v) is 2.39. The van der Waals surface area contributed by atoms with Gasteiger partial charge < -0.3 is 10.6 Å². The lowest BCUT2D eigenvalue weighted by Crippen LogP contribution is -2.15. The van der Waals surface area contributed by atoms with Crippen molar-refractivity contribution in [2.75, 3.05) is 10.6 Å². The Kier molecular flexibility index (Phi) is 4.90. The summed E-state index contributed by atoms with van der Waals surface area (Å²) in [6.07, 6.45) is 2.76. The minimum atomic E-state index is -0.535. The monoisotopic (exact) mass is 356 g/mol. The van der Waals surface area contributed by atoms with Crippen LogP contribution >= 0.6 is 11.6 Å². The second kappa shape index (κ2) is 7.27. The number of nitrogens with zero attached hydrogens (tertiary/aromatic N) is 2. The number of hydrogen-bond donors (Lipinski definition) is 2. The lowest BCUT2D eigenvalue weighted by Gasteiger charge is -2.09. The molecule has 0 aliphatic heterocycles. The highest BCUT2D eigenvalue weighted by atomic mass is 35.5. The van der Waals surface area contributed by atoms with Crippen LogP contribution in [-0.4, -0.2) is 15.9 Å². The number of amides is 1. The molecule has 2 aromatic carbocycles. The zero-order valence-electron chi connectivity index (χ0n) is 13.3. The van der Waals surface area contributed by atoms with Crippen LogP contribution in [0.5, 0.6) is 0 Å². The minimum Gasteiger partial charge on any atom is -0.339 e. The number of aryl methyl sites for hydroxylation is 1. The van der Waals surface area contributed by atoms with Crippen molar-refractivity contribution in [3.8, 4) is 0 Å². The molecule has 0 radical (unpaired) electrons. The molecule has 0 unspecified atom stereocenters. The number of anilines is 3. The second-order valence-corrected chi connectivity index (χ2v) is 5.74. The highest BCUT2D eigenvalue weighted by Gasteiger charge is 2.11. The molecule has 126 valence electrons. The predicted molar refractivity (Wildman–Crippen MR) is 95.9 cm³/mol. The molecule has 3 rings (SSSR count). The molecule has 0 atom stereocenters. The highest BCUT2D eigenvalue weighted by molar-refractivity contribution is 6.30. The fourth-order valence-electron chi connectivity index (χ4n) is 2.16. The molecule has 1 aromatic heterocycles. The molecule has 0 spiro atoms. The lowest BCUT2D eigenvalue weighted by molar-refractivity contribution is 0.102. The molecule has 0 aliphatic carbocycles. The molecular formula is C18H14ClFN4O. The van der Waals surface area contributed by atoms with Crippen LogP contribution in [0.15, 0.2) is 54.9 Å². The third-order valence-corrected chi connectivity index (χ3v) is 3.69. The molecule has 3 aromatic rings. The van der Waals surface area contributed by atoms with Gasteiger partial charge >= 0.3 is 0 Å². The Morgan fingerprint density at radius 3 is 2.56 bits per heavy atom. The summed E-state index contributed by atoms with van der Waals surface area (Å²) < 4.78 is 13.6. The molecule has 0 saturated heterocycles. The van der Waals surface area contributed by atoms with Crippen LogP contribution < -0.4 is 10.6 Å². The van der Waals surface area contributed by atoms with Gasteiger partial charge in [0.05, 0.1) is 18.1 Å². The van der Waals surface area contributed by atoms with E-state index < -0.39 is 11.7 Å². The number of para-hydroxylation sites is 1. The van der Waals surface area contributed by atoms with Crippen molar-refractivity contribution < 1.29 is 9.18 Å². The molecule has 0 aliphatic rings.